The number of hydrogen-bond donors (Lipinski definition) is 1. The van der Waals surface area contributed by atoms with Crippen LogP contribution in [0, 0.1) is 5.82 Å². The summed E-state index contributed by atoms with van der Waals surface area (Å²) < 4.78 is 20.2. The van der Waals surface area contributed by atoms with Crippen molar-refractivity contribution in [3.05, 3.63) is 29.6 Å². The largest absolute Gasteiger partial charge is 0.379 e. The van der Waals surface area contributed by atoms with Gasteiger partial charge in [0, 0.05) is 56.1 Å². The minimum absolute atomic E-state index is 0.0732. The summed E-state index contributed by atoms with van der Waals surface area (Å²) in [5.41, 5.74) is 2.15. The Morgan fingerprint density at radius 2 is 1.70 bits per heavy atom. The third-order valence-electron chi connectivity index (χ3n) is 6.76. The average Bonchev–Trinajstić information content (AvgIpc) is 3.25. The van der Waals surface area contributed by atoms with Crippen LogP contribution in [0.2, 0.25) is 0 Å². The maximum absolute atomic E-state index is 14.6. The van der Waals surface area contributed by atoms with E-state index in [-0.39, 0.29) is 11.4 Å². The van der Waals surface area contributed by atoms with E-state index >= 15 is 0 Å². The van der Waals surface area contributed by atoms with Crippen LogP contribution < -0.4 is 10.2 Å². The molecule has 0 atom stereocenters. The van der Waals surface area contributed by atoms with Crippen molar-refractivity contribution in [3.63, 3.8) is 0 Å². The molecule has 4 nitrogen and oxygen atoms in total. The van der Waals surface area contributed by atoms with Crippen LogP contribution in [0.4, 0.5) is 10.1 Å². The molecule has 0 unspecified atom stereocenters. The van der Waals surface area contributed by atoms with E-state index in [2.05, 4.69) is 21.2 Å². The first-order valence-corrected chi connectivity index (χ1v) is 10.8. The van der Waals surface area contributed by atoms with Gasteiger partial charge < -0.3 is 15.0 Å². The van der Waals surface area contributed by atoms with Crippen molar-refractivity contribution in [3.8, 4) is 0 Å². The Morgan fingerprint density at radius 1 is 0.963 bits per heavy atom. The Labute approximate surface area is 163 Å². The van der Waals surface area contributed by atoms with Crippen molar-refractivity contribution in [1.29, 1.82) is 0 Å². The van der Waals surface area contributed by atoms with Crippen LogP contribution in [0.1, 0.15) is 50.5 Å². The molecule has 3 aliphatic rings. The van der Waals surface area contributed by atoms with E-state index < -0.39 is 0 Å². The Morgan fingerprint density at radius 3 is 2.44 bits per heavy atom. The fourth-order valence-electron chi connectivity index (χ4n) is 5.25. The van der Waals surface area contributed by atoms with E-state index in [4.69, 9.17) is 4.74 Å². The second-order valence-electron chi connectivity index (χ2n) is 8.42. The highest BCUT2D eigenvalue weighted by Crippen LogP contribution is 2.34. The van der Waals surface area contributed by atoms with Crippen molar-refractivity contribution < 1.29 is 9.13 Å². The number of nitrogens with one attached hydrogen (secondary N) is 1. The normalized spacial score (nSPS) is 23.7. The van der Waals surface area contributed by atoms with E-state index in [9.17, 15) is 4.39 Å². The first kappa shape index (κ1) is 19.2. The highest BCUT2D eigenvalue weighted by Gasteiger charge is 2.38. The molecular weight excluding hydrogens is 341 g/mol. The zero-order chi connectivity index (χ0) is 18.5. The number of hydrogen-bond acceptors (Lipinski definition) is 4. The third kappa shape index (κ3) is 4.30. The SMILES string of the molecule is Fc1cccc(N2CCCC2)c1CNCC1(N2CCOCC2)CCCCC1. The van der Waals surface area contributed by atoms with Gasteiger partial charge in [-0.05, 0) is 37.8 Å². The van der Waals surface area contributed by atoms with Gasteiger partial charge in [-0.15, -0.1) is 0 Å². The van der Waals surface area contributed by atoms with Gasteiger partial charge >= 0.3 is 0 Å². The summed E-state index contributed by atoms with van der Waals surface area (Å²) in [6, 6.07) is 5.54. The van der Waals surface area contributed by atoms with Crippen molar-refractivity contribution in [1.82, 2.24) is 10.2 Å². The molecule has 150 valence electrons. The number of nitrogens with zero attached hydrogens (tertiary/aromatic N) is 2. The summed E-state index contributed by atoms with van der Waals surface area (Å²) in [7, 11) is 0. The van der Waals surface area contributed by atoms with Gasteiger partial charge in [-0.3, -0.25) is 4.90 Å². The molecule has 1 aliphatic carbocycles. The first-order valence-electron chi connectivity index (χ1n) is 10.8. The molecule has 4 rings (SSSR count). The van der Waals surface area contributed by atoms with Gasteiger partial charge in [-0.1, -0.05) is 25.3 Å². The Balaban J connectivity index is 1.44. The zero-order valence-corrected chi connectivity index (χ0v) is 16.5. The minimum Gasteiger partial charge on any atom is -0.379 e. The van der Waals surface area contributed by atoms with Crippen LogP contribution in [-0.4, -0.2) is 56.4 Å². The fourth-order valence-corrected chi connectivity index (χ4v) is 5.25. The molecule has 2 saturated heterocycles. The molecule has 0 amide bonds. The van der Waals surface area contributed by atoms with Gasteiger partial charge in [-0.25, -0.2) is 4.39 Å². The van der Waals surface area contributed by atoms with Crippen molar-refractivity contribution >= 4 is 5.69 Å². The van der Waals surface area contributed by atoms with Crippen LogP contribution in [0.25, 0.3) is 0 Å². The Hall–Kier alpha value is -1.17. The number of ether oxygens (including phenoxy) is 1. The molecule has 2 heterocycles. The highest BCUT2D eigenvalue weighted by molar-refractivity contribution is 5.54. The van der Waals surface area contributed by atoms with Crippen LogP contribution >= 0.6 is 0 Å². The fraction of sp³-hybridized carbons (Fsp3) is 0.727. The van der Waals surface area contributed by atoms with E-state index in [0.717, 1.165) is 57.2 Å². The van der Waals surface area contributed by atoms with E-state index in [1.807, 2.05) is 6.07 Å². The van der Waals surface area contributed by atoms with Crippen molar-refractivity contribution in [2.45, 2.75) is 57.0 Å². The summed E-state index contributed by atoms with van der Waals surface area (Å²) in [6.45, 7) is 7.40. The highest BCUT2D eigenvalue weighted by atomic mass is 19.1. The Bertz CT molecular complexity index is 606. The van der Waals surface area contributed by atoms with Crippen molar-refractivity contribution in [2.24, 2.45) is 0 Å². The monoisotopic (exact) mass is 375 g/mol. The lowest BCUT2D eigenvalue weighted by Crippen LogP contribution is -2.59. The van der Waals surface area contributed by atoms with E-state index in [1.54, 1.807) is 6.07 Å². The second-order valence-corrected chi connectivity index (χ2v) is 8.42. The number of halogens is 1. The molecular formula is C22H34FN3O. The quantitative estimate of drug-likeness (QED) is 0.823. The van der Waals surface area contributed by atoms with Crippen LogP contribution in [0.5, 0.6) is 0 Å². The maximum Gasteiger partial charge on any atom is 0.129 e. The third-order valence-corrected chi connectivity index (χ3v) is 6.76. The molecule has 2 aliphatic heterocycles. The zero-order valence-electron chi connectivity index (χ0n) is 16.5. The molecule has 1 aromatic carbocycles. The molecule has 27 heavy (non-hydrogen) atoms. The van der Waals surface area contributed by atoms with Gasteiger partial charge in [-0.2, -0.15) is 0 Å². The number of benzene rings is 1. The van der Waals surface area contributed by atoms with Crippen LogP contribution in [-0.2, 0) is 11.3 Å². The number of morpholine rings is 1. The molecule has 0 radical (unpaired) electrons. The standard InChI is InChI=1S/C22H34FN3O/c23-20-7-6-8-21(25-11-4-5-12-25)19(20)17-24-18-22(9-2-1-3-10-22)26-13-15-27-16-14-26/h6-8,24H,1-5,9-18H2. The molecule has 1 saturated carbocycles. The Kier molecular flexibility index (Phi) is 6.31. The molecule has 0 bridgehead atoms. The predicted molar refractivity (Wildman–Crippen MR) is 108 cm³/mol. The van der Waals surface area contributed by atoms with Crippen LogP contribution in [0.3, 0.4) is 0 Å². The van der Waals surface area contributed by atoms with Gasteiger partial charge in [0.25, 0.3) is 0 Å². The first-order chi connectivity index (χ1) is 13.3. The van der Waals surface area contributed by atoms with Crippen molar-refractivity contribution in [2.75, 3.05) is 50.8 Å². The molecule has 3 fully saturated rings. The number of anilines is 1. The topological polar surface area (TPSA) is 27.7 Å². The molecule has 0 spiro atoms. The lowest BCUT2D eigenvalue weighted by molar-refractivity contribution is -0.0369. The summed E-state index contributed by atoms with van der Waals surface area (Å²) >= 11 is 0. The number of rotatable bonds is 6. The average molecular weight is 376 g/mol. The lowest BCUT2D eigenvalue weighted by Gasteiger charge is -2.48. The molecule has 5 heteroatoms. The summed E-state index contributed by atoms with van der Waals surface area (Å²) in [5.74, 6) is -0.0732. The van der Waals surface area contributed by atoms with Gasteiger partial charge in [0.05, 0.1) is 13.2 Å². The van der Waals surface area contributed by atoms with E-state index in [0.29, 0.717) is 6.54 Å². The lowest BCUT2D eigenvalue weighted by atomic mass is 9.79. The summed E-state index contributed by atoms with van der Waals surface area (Å²) in [5, 5.41) is 3.67. The maximum atomic E-state index is 14.6. The molecule has 1 N–H and O–H groups in total. The van der Waals surface area contributed by atoms with E-state index in [1.165, 1.54) is 44.9 Å². The smallest absolute Gasteiger partial charge is 0.129 e. The molecule has 0 aromatic heterocycles. The predicted octanol–water partition coefficient (Wildman–Crippen LogP) is 3.55. The summed E-state index contributed by atoms with van der Waals surface area (Å²) in [6.07, 6.45) is 8.87. The van der Waals surface area contributed by atoms with Gasteiger partial charge in [0.15, 0.2) is 0 Å². The van der Waals surface area contributed by atoms with Gasteiger partial charge in [0.1, 0.15) is 5.82 Å². The molecule has 1 aromatic rings. The van der Waals surface area contributed by atoms with Crippen LogP contribution in [0.15, 0.2) is 18.2 Å². The summed E-state index contributed by atoms with van der Waals surface area (Å²) in [4.78, 5) is 4.99. The van der Waals surface area contributed by atoms with Gasteiger partial charge in [0.2, 0.25) is 0 Å². The minimum atomic E-state index is -0.0732. The second kappa shape index (κ2) is 8.89.